The van der Waals surface area contributed by atoms with E-state index in [2.05, 4.69) is 5.32 Å². The van der Waals surface area contributed by atoms with Gasteiger partial charge < -0.3 is 19.5 Å². The lowest BCUT2D eigenvalue weighted by molar-refractivity contribution is -0.145. The fourth-order valence-corrected chi connectivity index (χ4v) is 1.77. The number of rotatable bonds is 11. The molecule has 0 heterocycles. The second-order valence-electron chi connectivity index (χ2n) is 4.42. The quantitative estimate of drug-likeness (QED) is 0.414. The number of esters is 1. The summed E-state index contributed by atoms with van der Waals surface area (Å²) in [7, 11) is 4.58. The highest BCUT2D eigenvalue weighted by Crippen LogP contribution is 1.98. The van der Waals surface area contributed by atoms with Crippen LogP contribution in [0.2, 0.25) is 0 Å². The van der Waals surface area contributed by atoms with E-state index in [0.717, 1.165) is 13.0 Å². The van der Waals surface area contributed by atoms with Crippen molar-refractivity contribution in [2.75, 3.05) is 54.2 Å². The molecule has 0 rings (SSSR count). The van der Waals surface area contributed by atoms with E-state index in [1.807, 2.05) is 4.90 Å². The smallest absolute Gasteiger partial charge is 0.329 e. The number of hydrogen-bond acceptors (Lipinski definition) is 6. The third-order valence-corrected chi connectivity index (χ3v) is 2.74. The lowest BCUT2D eigenvalue weighted by atomic mass is 10.2. The molecule has 1 amide bonds. The summed E-state index contributed by atoms with van der Waals surface area (Å²) in [6.07, 6.45) is 0.841. The van der Waals surface area contributed by atoms with Crippen LogP contribution in [0.5, 0.6) is 0 Å². The predicted molar refractivity (Wildman–Crippen MR) is 74.4 cm³/mol. The van der Waals surface area contributed by atoms with Crippen molar-refractivity contribution in [3.05, 3.63) is 0 Å². The SMILES string of the molecule is COCCCN(CCOC)CC(NC(C)=O)C(=O)OC. The standard InChI is InChI=1S/C13H26N2O5/c1-11(16)14-12(13(17)20-4)10-15(7-9-19-3)6-5-8-18-2/h12H,5-10H2,1-4H3,(H,14,16). The Kier molecular flexibility index (Phi) is 10.9. The fraction of sp³-hybridized carbons (Fsp3) is 0.846. The van der Waals surface area contributed by atoms with Crippen LogP contribution in [0.4, 0.5) is 0 Å². The molecule has 118 valence electrons. The van der Waals surface area contributed by atoms with Crippen molar-refractivity contribution >= 4 is 11.9 Å². The number of carbonyl (C=O) groups is 2. The van der Waals surface area contributed by atoms with Gasteiger partial charge in [0.25, 0.3) is 0 Å². The molecule has 0 aliphatic heterocycles. The Bertz CT molecular complexity index is 286. The Morgan fingerprint density at radius 1 is 1.10 bits per heavy atom. The predicted octanol–water partition coefficient (Wildman–Crippen LogP) is -0.351. The normalized spacial score (nSPS) is 12.2. The zero-order valence-corrected chi connectivity index (χ0v) is 12.8. The van der Waals surface area contributed by atoms with E-state index in [1.165, 1.54) is 14.0 Å². The van der Waals surface area contributed by atoms with Gasteiger partial charge in [-0.05, 0) is 6.42 Å². The topological polar surface area (TPSA) is 77.1 Å². The summed E-state index contributed by atoms with van der Waals surface area (Å²) in [4.78, 5) is 24.9. The Morgan fingerprint density at radius 2 is 1.75 bits per heavy atom. The van der Waals surface area contributed by atoms with Crippen molar-refractivity contribution in [2.24, 2.45) is 0 Å². The molecule has 0 fully saturated rings. The van der Waals surface area contributed by atoms with E-state index in [0.29, 0.717) is 26.3 Å². The highest BCUT2D eigenvalue weighted by Gasteiger charge is 2.23. The van der Waals surface area contributed by atoms with Gasteiger partial charge in [-0.3, -0.25) is 9.69 Å². The van der Waals surface area contributed by atoms with E-state index in [1.54, 1.807) is 14.2 Å². The van der Waals surface area contributed by atoms with Gasteiger partial charge in [-0.2, -0.15) is 0 Å². The monoisotopic (exact) mass is 290 g/mol. The molecule has 0 aromatic heterocycles. The second-order valence-corrected chi connectivity index (χ2v) is 4.42. The van der Waals surface area contributed by atoms with Crippen molar-refractivity contribution < 1.29 is 23.8 Å². The zero-order chi connectivity index (χ0) is 15.4. The van der Waals surface area contributed by atoms with Crippen LogP contribution in [-0.2, 0) is 23.8 Å². The van der Waals surface area contributed by atoms with Gasteiger partial charge in [0.2, 0.25) is 5.91 Å². The van der Waals surface area contributed by atoms with Gasteiger partial charge >= 0.3 is 5.97 Å². The Labute approximate surface area is 120 Å². The first kappa shape index (κ1) is 18.8. The van der Waals surface area contributed by atoms with Crippen molar-refractivity contribution in [3.63, 3.8) is 0 Å². The summed E-state index contributed by atoms with van der Waals surface area (Å²) in [6, 6.07) is -0.670. The van der Waals surface area contributed by atoms with E-state index < -0.39 is 12.0 Å². The maximum atomic E-state index is 11.7. The second kappa shape index (κ2) is 11.6. The molecule has 0 aromatic rings. The van der Waals surface area contributed by atoms with Crippen LogP contribution >= 0.6 is 0 Å². The molecule has 7 nitrogen and oxygen atoms in total. The molecule has 0 aliphatic carbocycles. The molecule has 0 radical (unpaired) electrons. The summed E-state index contributed by atoms with van der Waals surface area (Å²) < 4.78 is 14.8. The number of amides is 1. The number of nitrogens with one attached hydrogen (secondary N) is 1. The summed E-state index contributed by atoms with van der Waals surface area (Å²) in [5.41, 5.74) is 0. The highest BCUT2D eigenvalue weighted by atomic mass is 16.5. The van der Waals surface area contributed by atoms with E-state index in [9.17, 15) is 9.59 Å². The molecule has 0 saturated carbocycles. The molecule has 1 unspecified atom stereocenters. The molecule has 0 aliphatic rings. The zero-order valence-electron chi connectivity index (χ0n) is 12.8. The maximum Gasteiger partial charge on any atom is 0.329 e. The van der Waals surface area contributed by atoms with E-state index in [4.69, 9.17) is 14.2 Å². The average Bonchev–Trinajstić information content (AvgIpc) is 2.42. The van der Waals surface area contributed by atoms with Gasteiger partial charge in [-0.15, -0.1) is 0 Å². The van der Waals surface area contributed by atoms with Crippen LogP contribution in [0.15, 0.2) is 0 Å². The molecule has 1 atom stereocenters. The van der Waals surface area contributed by atoms with Crippen LogP contribution < -0.4 is 5.32 Å². The van der Waals surface area contributed by atoms with E-state index >= 15 is 0 Å². The largest absolute Gasteiger partial charge is 0.467 e. The molecule has 20 heavy (non-hydrogen) atoms. The minimum absolute atomic E-state index is 0.260. The lowest BCUT2D eigenvalue weighted by Crippen LogP contribution is -2.49. The number of hydrogen-bond donors (Lipinski definition) is 1. The number of carbonyl (C=O) groups excluding carboxylic acids is 2. The Balaban J connectivity index is 4.50. The van der Waals surface area contributed by atoms with Crippen molar-refractivity contribution in [2.45, 2.75) is 19.4 Å². The van der Waals surface area contributed by atoms with E-state index in [-0.39, 0.29) is 5.91 Å². The minimum atomic E-state index is -0.670. The molecule has 0 bridgehead atoms. The maximum absolute atomic E-state index is 11.7. The summed E-state index contributed by atoms with van der Waals surface area (Å²) in [5.74, 6) is -0.710. The van der Waals surface area contributed by atoms with Crippen LogP contribution in [0.25, 0.3) is 0 Å². The van der Waals surface area contributed by atoms with Gasteiger partial charge in [0.05, 0.1) is 13.7 Å². The summed E-state index contributed by atoms with van der Waals surface area (Å²) >= 11 is 0. The first-order valence-electron chi connectivity index (χ1n) is 6.60. The van der Waals surface area contributed by atoms with Crippen LogP contribution in [-0.4, -0.2) is 77.0 Å². The number of ether oxygens (including phenoxy) is 3. The molecule has 1 N–H and O–H groups in total. The first-order valence-corrected chi connectivity index (χ1v) is 6.60. The molecular weight excluding hydrogens is 264 g/mol. The molecule has 0 spiro atoms. The van der Waals surface area contributed by atoms with Crippen molar-refractivity contribution in [1.29, 1.82) is 0 Å². The fourth-order valence-electron chi connectivity index (χ4n) is 1.77. The van der Waals surface area contributed by atoms with Gasteiger partial charge in [0, 0.05) is 47.4 Å². The minimum Gasteiger partial charge on any atom is -0.467 e. The molecule has 0 saturated heterocycles. The van der Waals surface area contributed by atoms with Gasteiger partial charge in [0.1, 0.15) is 6.04 Å². The van der Waals surface area contributed by atoms with Gasteiger partial charge in [0.15, 0.2) is 0 Å². The molecule has 7 heteroatoms. The average molecular weight is 290 g/mol. The first-order chi connectivity index (χ1) is 9.54. The number of methoxy groups -OCH3 is 3. The Hall–Kier alpha value is -1.18. The van der Waals surface area contributed by atoms with Crippen LogP contribution in [0, 0.1) is 0 Å². The van der Waals surface area contributed by atoms with Crippen LogP contribution in [0.1, 0.15) is 13.3 Å². The number of nitrogens with zero attached hydrogens (tertiary/aromatic N) is 1. The lowest BCUT2D eigenvalue weighted by Gasteiger charge is -2.26. The van der Waals surface area contributed by atoms with Crippen LogP contribution in [0.3, 0.4) is 0 Å². The van der Waals surface area contributed by atoms with Crippen molar-refractivity contribution in [3.8, 4) is 0 Å². The third kappa shape index (κ3) is 8.84. The molecular formula is C13H26N2O5. The summed E-state index contributed by atoms with van der Waals surface area (Å²) in [6.45, 7) is 4.39. The Morgan fingerprint density at radius 3 is 2.25 bits per heavy atom. The molecule has 0 aromatic carbocycles. The third-order valence-electron chi connectivity index (χ3n) is 2.74. The summed E-state index contributed by atoms with van der Waals surface area (Å²) in [5, 5.41) is 2.60. The van der Waals surface area contributed by atoms with Gasteiger partial charge in [-0.25, -0.2) is 4.79 Å². The highest BCUT2D eigenvalue weighted by molar-refractivity contribution is 5.83. The van der Waals surface area contributed by atoms with Gasteiger partial charge in [-0.1, -0.05) is 0 Å². The van der Waals surface area contributed by atoms with Crippen molar-refractivity contribution in [1.82, 2.24) is 10.2 Å².